The summed E-state index contributed by atoms with van der Waals surface area (Å²) >= 11 is 1.94. The molecule has 2 amide bonds. The molecule has 0 atom stereocenters. The van der Waals surface area contributed by atoms with E-state index in [1.165, 1.54) is 12.1 Å². The predicted molar refractivity (Wildman–Crippen MR) is 96.3 cm³/mol. The Balaban J connectivity index is 1.82. The van der Waals surface area contributed by atoms with Crippen LogP contribution in [-0.4, -0.2) is 25.5 Å². The average molecular weight is 442 g/mol. The first-order chi connectivity index (χ1) is 11.5. The fourth-order valence-corrected chi connectivity index (χ4v) is 2.51. The van der Waals surface area contributed by atoms with E-state index in [4.69, 9.17) is 4.74 Å². The maximum absolute atomic E-state index is 13.2. The lowest BCUT2D eigenvalue weighted by Crippen LogP contribution is -2.36. The number of hydrogen-bond acceptors (Lipinski definition) is 3. The number of halogens is 2. The van der Waals surface area contributed by atoms with Gasteiger partial charge in [0, 0.05) is 10.1 Å². The summed E-state index contributed by atoms with van der Waals surface area (Å²) < 4.78 is 18.9. The summed E-state index contributed by atoms with van der Waals surface area (Å²) in [7, 11) is 1.58. The van der Waals surface area contributed by atoms with E-state index in [2.05, 4.69) is 10.6 Å². The minimum Gasteiger partial charge on any atom is -0.497 e. The van der Waals surface area contributed by atoms with Gasteiger partial charge in [0.2, 0.25) is 5.91 Å². The summed E-state index contributed by atoms with van der Waals surface area (Å²) in [6.07, 6.45) is 0. The Morgan fingerprint density at radius 1 is 1.12 bits per heavy atom. The van der Waals surface area contributed by atoms with Crippen LogP contribution in [0.4, 0.5) is 4.39 Å². The van der Waals surface area contributed by atoms with E-state index >= 15 is 0 Å². The number of rotatable bonds is 6. The first-order valence-electron chi connectivity index (χ1n) is 7.12. The van der Waals surface area contributed by atoms with Crippen LogP contribution < -0.4 is 15.4 Å². The van der Waals surface area contributed by atoms with Gasteiger partial charge in [0.15, 0.2) is 0 Å². The molecule has 7 heteroatoms. The molecule has 0 saturated heterocycles. The van der Waals surface area contributed by atoms with E-state index in [0.29, 0.717) is 10.1 Å². The molecule has 0 saturated carbocycles. The maximum Gasteiger partial charge on any atom is 0.252 e. The van der Waals surface area contributed by atoms with Gasteiger partial charge in [-0.05, 0) is 58.5 Å². The molecule has 0 aliphatic heterocycles. The summed E-state index contributed by atoms with van der Waals surface area (Å²) in [5, 5.41) is 5.18. The molecular formula is C17H16FIN2O3. The number of nitrogens with one attached hydrogen (secondary N) is 2. The highest BCUT2D eigenvalue weighted by molar-refractivity contribution is 14.1. The minimum atomic E-state index is -0.496. The summed E-state index contributed by atoms with van der Waals surface area (Å²) in [5.74, 6) is -0.573. The lowest BCUT2D eigenvalue weighted by Gasteiger charge is -2.09. The molecule has 0 fully saturated rings. The highest BCUT2D eigenvalue weighted by Crippen LogP contribution is 2.13. The minimum absolute atomic E-state index is 0.179. The van der Waals surface area contributed by atoms with Gasteiger partial charge < -0.3 is 15.4 Å². The van der Waals surface area contributed by atoms with Crippen LogP contribution in [-0.2, 0) is 11.3 Å². The smallest absolute Gasteiger partial charge is 0.252 e. The van der Waals surface area contributed by atoms with E-state index in [0.717, 1.165) is 17.4 Å². The molecule has 2 rings (SSSR count). The van der Waals surface area contributed by atoms with Gasteiger partial charge in [-0.1, -0.05) is 12.1 Å². The molecule has 0 heterocycles. The first kappa shape index (κ1) is 18.2. The van der Waals surface area contributed by atoms with Crippen molar-refractivity contribution in [3.8, 4) is 5.75 Å². The Bertz CT molecular complexity index is 735. The van der Waals surface area contributed by atoms with E-state index < -0.39 is 11.7 Å². The third kappa shape index (κ3) is 5.19. The van der Waals surface area contributed by atoms with E-state index in [9.17, 15) is 14.0 Å². The lowest BCUT2D eigenvalue weighted by atomic mass is 10.2. The number of benzene rings is 2. The van der Waals surface area contributed by atoms with Gasteiger partial charge in [-0.2, -0.15) is 0 Å². The quantitative estimate of drug-likeness (QED) is 0.676. The van der Waals surface area contributed by atoms with Crippen molar-refractivity contribution in [3.05, 3.63) is 63.0 Å². The largest absolute Gasteiger partial charge is 0.497 e. The summed E-state index contributed by atoms with van der Waals surface area (Å²) in [4.78, 5) is 23.8. The molecule has 0 aliphatic rings. The number of carbonyl (C=O) groups is 2. The van der Waals surface area contributed by atoms with Crippen molar-refractivity contribution in [3.63, 3.8) is 0 Å². The third-order valence-corrected chi connectivity index (χ3v) is 4.17. The number of carbonyl (C=O) groups excluding carboxylic acids is 2. The summed E-state index contributed by atoms with van der Waals surface area (Å²) in [5.41, 5.74) is 1.12. The first-order valence-corrected chi connectivity index (χ1v) is 8.20. The standard InChI is InChI=1S/C17H16FIN2O3/c1-24-13-5-2-11(3-6-13)9-20-16(22)10-21-17(23)14-8-12(18)4-7-15(14)19/h2-8H,9-10H2,1H3,(H,20,22)(H,21,23). The average Bonchev–Trinajstić information content (AvgIpc) is 2.60. The molecule has 0 radical (unpaired) electrons. The molecule has 2 N–H and O–H groups in total. The molecule has 126 valence electrons. The van der Waals surface area contributed by atoms with Gasteiger partial charge in [-0.3, -0.25) is 9.59 Å². The molecule has 0 aromatic heterocycles. The predicted octanol–water partition coefficient (Wildman–Crippen LogP) is 2.49. The monoisotopic (exact) mass is 442 g/mol. The topological polar surface area (TPSA) is 67.4 Å². The molecule has 2 aromatic rings. The molecule has 0 unspecified atom stereocenters. The zero-order chi connectivity index (χ0) is 17.5. The molecule has 24 heavy (non-hydrogen) atoms. The van der Waals surface area contributed by atoms with Crippen molar-refractivity contribution in [1.29, 1.82) is 0 Å². The second-order valence-electron chi connectivity index (χ2n) is 4.93. The Hall–Kier alpha value is -2.16. The van der Waals surface area contributed by atoms with Gasteiger partial charge in [0.25, 0.3) is 5.91 Å². The number of methoxy groups -OCH3 is 1. The Labute approximate surface area is 152 Å². The van der Waals surface area contributed by atoms with Crippen LogP contribution in [0.1, 0.15) is 15.9 Å². The van der Waals surface area contributed by atoms with Gasteiger partial charge in [0.1, 0.15) is 11.6 Å². The van der Waals surface area contributed by atoms with Crippen LogP contribution in [0.5, 0.6) is 5.75 Å². The van der Waals surface area contributed by atoms with Crippen molar-refractivity contribution >= 4 is 34.4 Å². The summed E-state index contributed by atoms with van der Waals surface area (Å²) in [6.45, 7) is 0.164. The van der Waals surface area contributed by atoms with Crippen molar-refractivity contribution in [2.24, 2.45) is 0 Å². The molecule has 2 aromatic carbocycles. The zero-order valence-electron chi connectivity index (χ0n) is 12.9. The van der Waals surface area contributed by atoms with Gasteiger partial charge >= 0.3 is 0 Å². The van der Waals surface area contributed by atoms with Gasteiger partial charge in [0.05, 0.1) is 19.2 Å². The van der Waals surface area contributed by atoms with Crippen LogP contribution in [0, 0.1) is 9.39 Å². The molecule has 0 spiro atoms. The molecule has 0 bridgehead atoms. The number of amides is 2. The molecule has 5 nitrogen and oxygen atoms in total. The van der Waals surface area contributed by atoms with E-state index in [1.54, 1.807) is 19.2 Å². The highest BCUT2D eigenvalue weighted by Gasteiger charge is 2.12. The SMILES string of the molecule is COc1ccc(CNC(=O)CNC(=O)c2cc(F)ccc2I)cc1. The van der Waals surface area contributed by atoms with E-state index in [-0.39, 0.29) is 18.0 Å². The van der Waals surface area contributed by atoms with Crippen LogP contribution in [0.3, 0.4) is 0 Å². The highest BCUT2D eigenvalue weighted by atomic mass is 127. The van der Waals surface area contributed by atoms with Crippen molar-refractivity contribution in [1.82, 2.24) is 10.6 Å². The van der Waals surface area contributed by atoms with Crippen LogP contribution >= 0.6 is 22.6 Å². The Morgan fingerprint density at radius 3 is 2.50 bits per heavy atom. The lowest BCUT2D eigenvalue weighted by molar-refractivity contribution is -0.120. The number of hydrogen-bond donors (Lipinski definition) is 2. The maximum atomic E-state index is 13.2. The summed E-state index contributed by atoms with van der Waals surface area (Å²) in [6, 6.07) is 11.2. The fraction of sp³-hybridized carbons (Fsp3) is 0.176. The zero-order valence-corrected chi connectivity index (χ0v) is 15.1. The Morgan fingerprint density at radius 2 is 1.83 bits per heavy atom. The van der Waals surface area contributed by atoms with E-state index in [1.807, 2.05) is 34.7 Å². The second kappa shape index (κ2) is 8.62. The van der Waals surface area contributed by atoms with Crippen LogP contribution in [0.25, 0.3) is 0 Å². The molecular weight excluding hydrogens is 426 g/mol. The molecule has 0 aliphatic carbocycles. The van der Waals surface area contributed by atoms with Gasteiger partial charge in [-0.25, -0.2) is 4.39 Å². The van der Waals surface area contributed by atoms with Crippen LogP contribution in [0.2, 0.25) is 0 Å². The van der Waals surface area contributed by atoms with Crippen molar-refractivity contribution in [2.75, 3.05) is 13.7 Å². The Kier molecular flexibility index (Phi) is 6.53. The van der Waals surface area contributed by atoms with Gasteiger partial charge in [-0.15, -0.1) is 0 Å². The van der Waals surface area contributed by atoms with Crippen molar-refractivity contribution < 1.29 is 18.7 Å². The number of ether oxygens (including phenoxy) is 1. The third-order valence-electron chi connectivity index (χ3n) is 3.23. The normalized spacial score (nSPS) is 10.1. The van der Waals surface area contributed by atoms with Crippen molar-refractivity contribution in [2.45, 2.75) is 6.54 Å². The fourth-order valence-electron chi connectivity index (χ4n) is 1.93. The van der Waals surface area contributed by atoms with Crippen LogP contribution in [0.15, 0.2) is 42.5 Å². The second-order valence-corrected chi connectivity index (χ2v) is 6.09.